The summed E-state index contributed by atoms with van der Waals surface area (Å²) in [5.74, 6) is 29.2. The molecule has 10 rings (SSSR count). The number of aromatic amines is 11. The maximum Gasteiger partial charge on any atom is 0.373 e. The fourth-order valence-electron chi connectivity index (χ4n) is 6.49. The highest BCUT2D eigenvalue weighted by Crippen LogP contribution is 2.14. The number of rotatable bonds is 20. The number of halogens is 1. The van der Waals surface area contributed by atoms with Gasteiger partial charge in [0.05, 0.1) is 90.0 Å². The molecule has 0 aliphatic heterocycles. The maximum absolute atomic E-state index is 12.6. The Balaban J connectivity index is 0.00000120. The second-order valence-corrected chi connectivity index (χ2v) is 22.0. The standard InChI is InChI=1S/2C7H8N2O2.C7H8N2OS.C6H7FN4.C6H9N5.C6H8N4S.3C6H8N4.C6H7N3OS.CO2/c1-3-4-9(2)7-5-6(10)8-11-7;1-3-4-9(2)6-5-7(10)11-8-6;1-3-4-9(2)7-5-6(10)8-11-7;1-3-4-11(2)6-5(7)8-10-9-6;1-3-4-11(2)6-8-5(7)9-10-6;1-3-4-10(2)5-6(11)8-9-7-5;1-3-4-10(2)6-7-5-8-9-6;2*1-3-4-10(2)6-5-7-9-8-6;1-3-4-9(2)5-6(10)8-11-7-5;2-1-3/h1,5H,4H2,2H3,(H,8,10);1,5,8H,4H2,2H3;1,5H,4H2,2H3,(H,8,10);1H,4H2,2H3,(H,8,9,10);1H,4H2,2H3,(H3,7,8,9,10);1H,4H2,2H3,(H2,7,8,9,11);3*1,5H,4H2,2H3,(H,7,8,9);1H,4H2,2H3,(H,8,10);. The molecule has 10 aromatic heterocycles. The quantitative estimate of drug-likeness (QED) is 0.0339. The highest BCUT2D eigenvalue weighted by molar-refractivity contribution is 7.71. The Morgan fingerprint density at radius 3 is 1.39 bits per heavy atom. The third-order valence-corrected chi connectivity index (χ3v) is 13.5. The van der Waals surface area contributed by atoms with Crippen molar-refractivity contribution in [2.24, 2.45) is 0 Å². The molecule has 42 nitrogen and oxygen atoms in total. The minimum atomic E-state index is -0.636. The Morgan fingerprint density at radius 2 is 1.00 bits per heavy atom. The fourth-order valence-corrected chi connectivity index (χ4v) is 7.92. The first kappa shape index (κ1) is 94.6. The van der Waals surface area contributed by atoms with E-state index in [0.29, 0.717) is 111 Å². The van der Waals surface area contributed by atoms with Gasteiger partial charge in [-0.15, -0.1) is 94.8 Å². The van der Waals surface area contributed by atoms with Crippen LogP contribution in [0.25, 0.3) is 0 Å². The summed E-state index contributed by atoms with van der Waals surface area (Å²) in [5, 5.41) is 56.1. The summed E-state index contributed by atoms with van der Waals surface area (Å²) in [5.41, 5.74) is 4.38. The smallest absolute Gasteiger partial charge is 0.368 e. The molecular formula is C64H79FN34O8S3. The van der Waals surface area contributed by atoms with E-state index in [9.17, 15) is 23.6 Å². The molecule has 10 aromatic rings. The van der Waals surface area contributed by atoms with Crippen LogP contribution in [0.3, 0.4) is 0 Å². The van der Waals surface area contributed by atoms with Gasteiger partial charge in [0.25, 0.3) is 17.1 Å². The monoisotopic (exact) mass is 1570 g/mol. The van der Waals surface area contributed by atoms with Crippen molar-refractivity contribution >= 4 is 105 Å². The highest BCUT2D eigenvalue weighted by Gasteiger charge is 2.11. The van der Waals surface area contributed by atoms with Crippen molar-refractivity contribution in [3.05, 3.63) is 89.0 Å². The molecule has 13 N–H and O–H groups in total. The number of aromatic nitrogens is 23. The van der Waals surface area contributed by atoms with Gasteiger partial charge in [-0.25, -0.2) is 25.4 Å². The molecular weight excluding hydrogens is 1490 g/mol. The van der Waals surface area contributed by atoms with Crippen LogP contribution in [0.1, 0.15) is 0 Å². The van der Waals surface area contributed by atoms with Crippen molar-refractivity contribution in [3.63, 3.8) is 0 Å². The summed E-state index contributed by atoms with van der Waals surface area (Å²) in [4.78, 5) is 83.9. The fraction of sp³-hybridized carbons (Fsp3) is 0.312. The average molecular weight is 1570 g/mol. The first-order valence-electron chi connectivity index (χ1n) is 30.2. The van der Waals surface area contributed by atoms with Crippen LogP contribution >= 0.6 is 35.5 Å². The molecule has 0 aliphatic rings. The molecule has 0 amide bonds. The van der Waals surface area contributed by atoms with E-state index in [0.717, 1.165) is 28.4 Å². The first-order valence-corrected chi connectivity index (χ1v) is 32.1. The third kappa shape index (κ3) is 38.7. The Labute approximate surface area is 643 Å². The molecule has 0 spiro atoms. The topological polar surface area (TPSA) is 515 Å². The lowest BCUT2D eigenvalue weighted by Gasteiger charge is -2.10. The minimum Gasteiger partial charge on any atom is -0.368 e. The van der Waals surface area contributed by atoms with Crippen molar-refractivity contribution in [3.8, 4) is 123 Å². The van der Waals surface area contributed by atoms with Gasteiger partial charge >= 0.3 is 17.3 Å². The predicted octanol–water partition coefficient (Wildman–Crippen LogP) is -0.474. The molecule has 46 heteroatoms. The second-order valence-electron chi connectivity index (χ2n) is 20.2. The summed E-state index contributed by atoms with van der Waals surface area (Å²) < 4.78 is 31.3. The molecule has 0 radical (unpaired) electrons. The van der Waals surface area contributed by atoms with E-state index in [1.54, 1.807) is 77.0 Å². The molecule has 0 fully saturated rings. The lowest BCUT2D eigenvalue weighted by atomic mass is 10.5. The summed E-state index contributed by atoms with van der Waals surface area (Å²) in [6.45, 7) is 4.69. The number of hydrogen-bond donors (Lipinski definition) is 12. The highest BCUT2D eigenvalue weighted by atomic mass is 32.1. The van der Waals surface area contributed by atoms with Crippen LogP contribution in [-0.2, 0) is 9.59 Å². The van der Waals surface area contributed by atoms with Gasteiger partial charge in [0, 0.05) is 88.3 Å². The van der Waals surface area contributed by atoms with Crippen LogP contribution < -0.4 is 77.0 Å². The van der Waals surface area contributed by atoms with Crippen LogP contribution in [0.15, 0.2) is 65.1 Å². The van der Waals surface area contributed by atoms with Gasteiger partial charge in [-0.1, -0.05) is 71.4 Å². The maximum atomic E-state index is 12.6. The van der Waals surface area contributed by atoms with Gasteiger partial charge in [0.2, 0.25) is 35.4 Å². The van der Waals surface area contributed by atoms with Gasteiger partial charge in [-0.05, 0) is 11.5 Å². The number of hydrogen-bond acceptors (Lipinski definition) is 34. The predicted molar refractivity (Wildman–Crippen MR) is 422 cm³/mol. The van der Waals surface area contributed by atoms with Crippen LogP contribution in [-0.4, -0.2) is 258 Å². The molecule has 10 heterocycles. The van der Waals surface area contributed by atoms with Crippen LogP contribution in [0, 0.1) is 134 Å². The molecule has 0 aliphatic carbocycles. The second kappa shape index (κ2) is 56.1. The number of nitrogens with two attached hydrogens (primary N) is 1. The van der Waals surface area contributed by atoms with Crippen LogP contribution in [0.2, 0.25) is 0 Å². The largest absolute Gasteiger partial charge is 0.373 e. The van der Waals surface area contributed by atoms with E-state index in [1.165, 1.54) is 41.0 Å². The number of anilines is 11. The normalized spacial score (nSPS) is 8.85. The zero-order chi connectivity index (χ0) is 82.8. The van der Waals surface area contributed by atoms with Gasteiger partial charge in [-0.2, -0.15) is 64.4 Å². The van der Waals surface area contributed by atoms with E-state index in [1.807, 2.05) is 49.9 Å². The van der Waals surface area contributed by atoms with E-state index >= 15 is 0 Å². The van der Waals surface area contributed by atoms with E-state index in [-0.39, 0.29) is 28.6 Å². The van der Waals surface area contributed by atoms with Gasteiger partial charge in [0.15, 0.2) is 22.1 Å². The Hall–Kier alpha value is -15.4. The Kier molecular flexibility index (Phi) is 48.2. The van der Waals surface area contributed by atoms with E-state index < -0.39 is 11.6 Å². The summed E-state index contributed by atoms with van der Waals surface area (Å²) >= 11 is 7.23. The molecule has 0 saturated heterocycles. The lowest BCUT2D eigenvalue weighted by Crippen LogP contribution is -2.23. The zero-order valence-electron chi connectivity index (χ0n) is 61.1. The molecule has 0 saturated carbocycles. The number of nitrogens with zero attached hydrogens (tertiary/aromatic N) is 22. The van der Waals surface area contributed by atoms with E-state index in [2.05, 4.69) is 179 Å². The number of nitrogen functional groups attached to an aromatic ring is 1. The molecule has 0 atom stereocenters. The summed E-state index contributed by atoms with van der Waals surface area (Å²) in [7, 11) is 17.9. The van der Waals surface area contributed by atoms with Gasteiger partial charge in [-0.3, -0.25) is 28.2 Å². The number of carbonyl (C=O) groups excluding carboxylic acids is 2. The SMILES string of the molecule is C#CCN(C)c1cc(=O)[nH]o1.C#CCN(C)c1cc(=O)[nH]s1.C#CCN(C)c1cc(=O)o[nH]1.C#CCN(C)c1cn[nH]n1.C#CCN(C)c1cn[nH]n1.C#CCN(C)c1n[nH][nH]c1=S.C#CCN(C)c1n[nH]c(N)n1.C#CCN(C)c1n[nH]nc1F.C#CCN(C)c1ncn[nH]1.C#CCN(C)c1ns[nH]c1=O.O=C=O. The van der Waals surface area contributed by atoms with Crippen molar-refractivity contribution < 1.29 is 23.0 Å². The van der Waals surface area contributed by atoms with Crippen molar-refractivity contribution in [2.45, 2.75) is 0 Å². The molecule has 0 aromatic carbocycles. The van der Waals surface area contributed by atoms with Gasteiger partial charge in [0.1, 0.15) is 17.1 Å². The van der Waals surface area contributed by atoms with Crippen LogP contribution in [0.4, 0.5) is 68.0 Å². The number of nitrogens with one attached hydrogen (secondary N) is 11. The molecule has 0 unspecified atom stereocenters. The van der Waals surface area contributed by atoms with Crippen molar-refractivity contribution in [2.75, 3.05) is 191 Å². The number of H-pyrrole nitrogens is 11. The number of terminal acetylenes is 10. The Morgan fingerprint density at radius 1 is 0.509 bits per heavy atom. The minimum absolute atomic E-state index is 0.0751. The zero-order valence-corrected chi connectivity index (χ0v) is 63.5. The lowest BCUT2D eigenvalue weighted by molar-refractivity contribution is -0.191. The molecule has 578 valence electrons. The Bertz CT molecular complexity index is 4590. The van der Waals surface area contributed by atoms with Crippen molar-refractivity contribution in [1.82, 2.24) is 115 Å². The average Bonchev–Trinajstić information content (AvgIpc) is 1.77. The molecule has 110 heavy (non-hydrogen) atoms. The summed E-state index contributed by atoms with van der Waals surface area (Å²) in [6.07, 6.45) is 55.7. The first-order chi connectivity index (χ1) is 52.6. The summed E-state index contributed by atoms with van der Waals surface area (Å²) in [6, 6.07) is 4.22. The van der Waals surface area contributed by atoms with E-state index in [4.69, 9.17) is 96.3 Å². The van der Waals surface area contributed by atoms with Gasteiger partial charge < -0.3 is 63.8 Å². The third-order valence-electron chi connectivity index (χ3n) is 11.7. The van der Waals surface area contributed by atoms with Crippen LogP contribution in [0.5, 0.6) is 0 Å². The van der Waals surface area contributed by atoms with Crippen molar-refractivity contribution in [1.29, 1.82) is 0 Å². The molecule has 0 bridgehead atoms.